The Morgan fingerprint density at radius 3 is 1.32 bits per heavy atom. The molecule has 0 aliphatic heterocycles. The van der Waals surface area contributed by atoms with Gasteiger partial charge in [-0.25, -0.2) is 0 Å². The van der Waals surface area contributed by atoms with Crippen LogP contribution >= 0.6 is 0 Å². The molecular weight excluding hydrogens is 544 g/mol. The number of alkyl halides is 12. The van der Waals surface area contributed by atoms with E-state index < -0.39 is 68.3 Å². The zero-order valence-corrected chi connectivity index (χ0v) is 19.7. The molecule has 2 rings (SSSR count). The van der Waals surface area contributed by atoms with Crippen molar-refractivity contribution in [2.24, 2.45) is 35.5 Å². The third kappa shape index (κ3) is 6.43. The van der Waals surface area contributed by atoms with E-state index in [9.17, 15) is 62.9 Å². The molecule has 37 heavy (non-hydrogen) atoms. The molecule has 2 N–H and O–H groups in total. The molecule has 4 nitrogen and oxygen atoms in total. The van der Waals surface area contributed by atoms with E-state index in [-0.39, 0.29) is 30.1 Å². The zero-order chi connectivity index (χ0) is 28.8. The minimum atomic E-state index is -6.18. The highest BCUT2D eigenvalue weighted by Gasteiger charge is 2.71. The average Bonchev–Trinajstić information content (AvgIpc) is 3.23. The molecule has 0 spiro atoms. The Bertz CT molecular complexity index is 687. The molecule has 16 heteroatoms. The van der Waals surface area contributed by atoms with E-state index >= 15 is 0 Å². The maximum Gasteiger partial charge on any atom is 0.428 e. The largest absolute Gasteiger partial charge is 0.428 e. The van der Waals surface area contributed by atoms with Gasteiger partial charge in [0, 0.05) is 5.92 Å². The number of halogens is 12. The Morgan fingerprint density at radius 2 is 1.03 bits per heavy atom. The number of aliphatic hydroxyl groups is 2. The van der Waals surface area contributed by atoms with E-state index in [1.54, 1.807) is 0 Å². The Labute approximate surface area is 204 Å². The van der Waals surface area contributed by atoms with Crippen LogP contribution in [0.1, 0.15) is 33.1 Å². The standard InChI is InChI=1S/C21H28F12O4/c1-10-11(2)15-5-13(10)4-14(15)3-12(6-36-8-16(34,18(22,23)24)19(25,26)27)7-37-9-17(35,20(28,29)30)21(31,32)33/h10-15,34-35H,3-9H2,1-2H3. The van der Waals surface area contributed by atoms with Gasteiger partial charge in [-0.15, -0.1) is 0 Å². The van der Waals surface area contributed by atoms with Gasteiger partial charge in [0.25, 0.3) is 11.2 Å². The first-order chi connectivity index (χ1) is 16.5. The molecule has 0 radical (unpaired) electrons. The van der Waals surface area contributed by atoms with E-state index in [1.165, 1.54) is 0 Å². The van der Waals surface area contributed by atoms with Crippen LogP contribution in [-0.4, -0.2) is 72.5 Å². The monoisotopic (exact) mass is 572 g/mol. The van der Waals surface area contributed by atoms with Crippen LogP contribution in [0, 0.1) is 35.5 Å². The Kier molecular flexibility index (Phi) is 9.16. The third-order valence-corrected chi connectivity index (χ3v) is 7.88. The molecule has 0 heterocycles. The maximum atomic E-state index is 12.9. The molecular formula is C21H28F12O4. The Balaban J connectivity index is 2.14. The van der Waals surface area contributed by atoms with E-state index in [0.717, 1.165) is 6.42 Å². The molecule has 0 amide bonds. The van der Waals surface area contributed by atoms with Gasteiger partial charge < -0.3 is 19.7 Å². The lowest BCUT2D eigenvalue weighted by Crippen LogP contribution is -2.60. The lowest BCUT2D eigenvalue weighted by molar-refractivity contribution is -0.379. The van der Waals surface area contributed by atoms with Crippen molar-refractivity contribution in [3.8, 4) is 0 Å². The molecule has 2 aliphatic carbocycles. The van der Waals surface area contributed by atoms with Gasteiger partial charge in [0.2, 0.25) is 0 Å². The van der Waals surface area contributed by atoms with Crippen LogP contribution in [0.5, 0.6) is 0 Å². The van der Waals surface area contributed by atoms with E-state index in [4.69, 9.17) is 0 Å². The lowest BCUT2D eigenvalue weighted by atomic mass is 9.73. The molecule has 2 bridgehead atoms. The van der Waals surface area contributed by atoms with Crippen LogP contribution in [0.25, 0.3) is 0 Å². The molecule has 5 atom stereocenters. The van der Waals surface area contributed by atoms with Gasteiger partial charge in [0.1, 0.15) is 0 Å². The molecule has 220 valence electrons. The van der Waals surface area contributed by atoms with Gasteiger partial charge >= 0.3 is 24.7 Å². The van der Waals surface area contributed by atoms with Crippen molar-refractivity contribution >= 4 is 0 Å². The number of rotatable bonds is 10. The van der Waals surface area contributed by atoms with Crippen molar-refractivity contribution < 1.29 is 72.4 Å². The summed E-state index contributed by atoms with van der Waals surface area (Å²) in [6.07, 6.45) is -23.3. The minimum absolute atomic E-state index is 0.0227. The number of hydrogen-bond acceptors (Lipinski definition) is 4. The zero-order valence-electron chi connectivity index (χ0n) is 19.7. The van der Waals surface area contributed by atoms with Crippen LogP contribution in [-0.2, 0) is 9.47 Å². The summed E-state index contributed by atoms with van der Waals surface area (Å²) >= 11 is 0. The summed E-state index contributed by atoms with van der Waals surface area (Å²) in [5.41, 5.74) is -10.5. The van der Waals surface area contributed by atoms with E-state index in [0.29, 0.717) is 12.3 Å². The smallest absolute Gasteiger partial charge is 0.377 e. The number of hydrogen-bond donors (Lipinski definition) is 2. The Hall–Kier alpha value is -1.00. The van der Waals surface area contributed by atoms with Gasteiger partial charge in [0.15, 0.2) is 0 Å². The molecule has 5 unspecified atom stereocenters. The van der Waals surface area contributed by atoms with Crippen molar-refractivity contribution in [1.82, 2.24) is 0 Å². The van der Waals surface area contributed by atoms with Crippen molar-refractivity contribution in [2.45, 2.75) is 69.0 Å². The first-order valence-corrected chi connectivity index (χ1v) is 11.3. The molecule has 0 saturated heterocycles. The average molecular weight is 572 g/mol. The summed E-state index contributed by atoms with van der Waals surface area (Å²) in [5, 5.41) is 18.4. The number of fused-ring (bicyclic) bond motifs is 2. The van der Waals surface area contributed by atoms with E-state index in [1.807, 2.05) is 13.8 Å². The van der Waals surface area contributed by atoms with Crippen LogP contribution in [0.3, 0.4) is 0 Å². The van der Waals surface area contributed by atoms with E-state index in [2.05, 4.69) is 9.47 Å². The van der Waals surface area contributed by atoms with Gasteiger partial charge in [0.05, 0.1) is 26.4 Å². The fourth-order valence-electron chi connectivity index (χ4n) is 5.37. The molecule has 0 aromatic carbocycles. The fraction of sp³-hybridized carbons (Fsp3) is 1.00. The second kappa shape index (κ2) is 10.5. The second-order valence-electron chi connectivity index (χ2n) is 10.2. The summed E-state index contributed by atoms with van der Waals surface area (Å²) in [6.45, 7) is -2.60. The Morgan fingerprint density at radius 1 is 0.649 bits per heavy atom. The predicted molar refractivity (Wildman–Crippen MR) is 102 cm³/mol. The second-order valence-corrected chi connectivity index (χ2v) is 10.2. The summed E-state index contributed by atoms with van der Waals surface area (Å²) in [7, 11) is 0. The highest BCUT2D eigenvalue weighted by molar-refractivity contribution is 4.98. The fourth-order valence-corrected chi connectivity index (χ4v) is 5.37. The molecule has 2 saturated carbocycles. The normalized spacial score (nSPS) is 28.0. The van der Waals surface area contributed by atoms with Crippen LogP contribution in [0.15, 0.2) is 0 Å². The highest BCUT2D eigenvalue weighted by atomic mass is 19.4. The maximum absolute atomic E-state index is 12.9. The molecule has 0 aromatic rings. The van der Waals surface area contributed by atoms with Gasteiger partial charge in [-0.2, -0.15) is 52.7 Å². The SMILES string of the molecule is CC1C2CC(CC(COCC(O)(C(F)(F)F)C(F)(F)F)COCC(O)(C(F)(F)F)C(F)(F)F)C(C2)C1C. The highest BCUT2D eigenvalue weighted by Crippen LogP contribution is 2.56. The van der Waals surface area contributed by atoms with Crippen molar-refractivity contribution in [2.75, 3.05) is 26.4 Å². The summed E-state index contributed by atoms with van der Waals surface area (Å²) in [6, 6.07) is 0. The van der Waals surface area contributed by atoms with Crippen molar-refractivity contribution in [3.05, 3.63) is 0 Å². The first kappa shape index (κ1) is 32.2. The topological polar surface area (TPSA) is 58.9 Å². The first-order valence-electron chi connectivity index (χ1n) is 11.3. The molecule has 2 fully saturated rings. The van der Waals surface area contributed by atoms with Crippen LogP contribution in [0.4, 0.5) is 52.7 Å². The summed E-state index contributed by atoms with van der Waals surface area (Å²) in [4.78, 5) is 0. The molecule has 2 aliphatic rings. The van der Waals surface area contributed by atoms with Crippen LogP contribution in [0.2, 0.25) is 0 Å². The van der Waals surface area contributed by atoms with Crippen molar-refractivity contribution in [3.63, 3.8) is 0 Å². The summed E-state index contributed by atoms with van der Waals surface area (Å²) in [5.74, 6) is -0.479. The lowest BCUT2D eigenvalue weighted by Gasteiger charge is -2.35. The quantitative estimate of drug-likeness (QED) is 0.332. The third-order valence-electron chi connectivity index (χ3n) is 7.88. The molecule has 0 aromatic heterocycles. The predicted octanol–water partition coefficient (Wildman–Crippen LogP) is 5.67. The minimum Gasteiger partial charge on any atom is -0.377 e. The van der Waals surface area contributed by atoms with Crippen molar-refractivity contribution in [1.29, 1.82) is 0 Å². The van der Waals surface area contributed by atoms with Gasteiger partial charge in [-0.1, -0.05) is 13.8 Å². The number of ether oxygens (including phenoxy) is 2. The van der Waals surface area contributed by atoms with Crippen LogP contribution < -0.4 is 0 Å². The van der Waals surface area contributed by atoms with Gasteiger partial charge in [-0.3, -0.25) is 0 Å². The summed E-state index contributed by atoms with van der Waals surface area (Å²) < 4.78 is 163. The van der Waals surface area contributed by atoms with Gasteiger partial charge in [-0.05, 0) is 48.9 Å².